The van der Waals surface area contributed by atoms with Gasteiger partial charge in [-0.1, -0.05) is 159 Å². The SMILES string of the molecule is [2H]C([2H])([2H])c1ccc(-c2c(-c3ccccc3)c(-c3ccccc3)cc(-c3ccccc3)c2-c2ccccc2)cc1-c1c(C([2H])([2H])C)ccc2c1nc1oc3ccccc3n12. The van der Waals surface area contributed by atoms with Crippen molar-refractivity contribution in [3.05, 3.63) is 193 Å². The van der Waals surface area contributed by atoms with Gasteiger partial charge in [0.05, 0.1) is 11.0 Å². The number of benzene rings is 8. The van der Waals surface area contributed by atoms with Gasteiger partial charge in [0.1, 0.15) is 5.52 Å². The number of hydrogen-bond acceptors (Lipinski definition) is 2. The first kappa shape index (κ1) is 27.6. The molecule has 10 aromatic rings. The highest BCUT2D eigenvalue weighted by Gasteiger charge is 2.25. The Labute approximate surface area is 327 Å². The lowest BCUT2D eigenvalue weighted by Crippen LogP contribution is -1.99. The van der Waals surface area contributed by atoms with E-state index in [-0.39, 0.29) is 5.56 Å². The first-order chi connectivity index (χ1) is 29.1. The lowest BCUT2D eigenvalue weighted by atomic mass is 9.78. The van der Waals surface area contributed by atoms with Crippen LogP contribution in [0.5, 0.6) is 0 Å². The Kier molecular flexibility index (Phi) is 6.76. The van der Waals surface area contributed by atoms with Crippen molar-refractivity contribution in [2.24, 2.45) is 0 Å². The van der Waals surface area contributed by atoms with E-state index >= 15 is 0 Å². The minimum atomic E-state index is -2.55. The summed E-state index contributed by atoms with van der Waals surface area (Å²) in [6.07, 6.45) is -1.86. The Morgan fingerprint density at radius 2 is 1.07 bits per heavy atom. The molecular weight excluding hydrogens is 669 g/mol. The third-order valence-corrected chi connectivity index (χ3v) is 10.6. The van der Waals surface area contributed by atoms with Crippen LogP contribution in [0.15, 0.2) is 186 Å². The molecule has 0 unspecified atom stereocenters. The Bertz CT molecular complexity index is 3100. The fourth-order valence-corrected chi connectivity index (χ4v) is 8.11. The molecule has 0 aliphatic rings. The van der Waals surface area contributed by atoms with Gasteiger partial charge in [0.25, 0.3) is 0 Å². The molecule has 0 fully saturated rings. The van der Waals surface area contributed by atoms with Gasteiger partial charge in [-0.3, -0.25) is 4.40 Å². The molecule has 0 bridgehead atoms. The van der Waals surface area contributed by atoms with E-state index in [1.54, 1.807) is 12.1 Å². The molecule has 0 spiro atoms. The summed E-state index contributed by atoms with van der Waals surface area (Å²) in [7, 11) is 0. The van der Waals surface area contributed by atoms with Crippen LogP contribution in [-0.2, 0) is 6.37 Å². The van der Waals surface area contributed by atoms with E-state index < -0.39 is 13.2 Å². The standard InChI is InChI=1S/C52H38N2O/c1-3-35-30-31-45-51(53-52-54(45)44-26-16-17-27-46(44)55-52)49(35)41-32-40(29-28-34(41)2)50-47(38-22-12-6-13-23-38)42(36-18-8-4-9-19-36)33-43(37-20-10-5-11-21-37)48(50)39-24-14-7-15-25-39/h4-33H,3H2,1-2H3/i2D3,3D2. The summed E-state index contributed by atoms with van der Waals surface area (Å²) in [4.78, 5) is 5.01. The van der Waals surface area contributed by atoms with Crippen LogP contribution in [0, 0.1) is 6.85 Å². The van der Waals surface area contributed by atoms with Crippen LogP contribution in [0.4, 0.5) is 0 Å². The second kappa shape index (κ2) is 13.5. The van der Waals surface area contributed by atoms with E-state index in [2.05, 4.69) is 54.6 Å². The molecule has 10 rings (SSSR count). The predicted molar refractivity (Wildman–Crippen MR) is 229 cm³/mol. The molecule has 0 radical (unpaired) electrons. The quantitative estimate of drug-likeness (QED) is 0.165. The first-order valence-corrected chi connectivity index (χ1v) is 18.5. The third-order valence-electron chi connectivity index (χ3n) is 10.6. The average molecular weight is 712 g/mol. The molecule has 0 atom stereocenters. The van der Waals surface area contributed by atoms with Crippen LogP contribution in [0.1, 0.15) is 24.9 Å². The number of aryl methyl sites for hydroxylation is 2. The molecule has 3 nitrogen and oxygen atoms in total. The van der Waals surface area contributed by atoms with Crippen LogP contribution in [0.3, 0.4) is 0 Å². The zero-order valence-corrected chi connectivity index (χ0v) is 30.1. The fraction of sp³-hybridized carbons (Fsp3) is 0.0577. The van der Waals surface area contributed by atoms with Crippen LogP contribution in [0.2, 0.25) is 0 Å². The number of nitrogens with zero attached hydrogens (tertiary/aromatic N) is 2. The minimum Gasteiger partial charge on any atom is -0.423 e. The minimum absolute atomic E-state index is 0.101. The van der Waals surface area contributed by atoms with Gasteiger partial charge in [-0.05, 0) is 116 Å². The molecule has 0 N–H and O–H groups in total. The molecule has 0 saturated carbocycles. The van der Waals surface area contributed by atoms with Crippen LogP contribution in [-0.4, -0.2) is 9.38 Å². The normalized spacial score (nSPS) is 13.4. The van der Waals surface area contributed by atoms with Gasteiger partial charge in [-0.15, -0.1) is 0 Å². The highest BCUT2D eigenvalue weighted by atomic mass is 16.4. The monoisotopic (exact) mass is 711 g/mol. The molecule has 0 amide bonds. The van der Waals surface area contributed by atoms with Crippen molar-refractivity contribution in [1.82, 2.24) is 9.38 Å². The highest BCUT2D eigenvalue weighted by Crippen LogP contribution is 2.51. The Balaban J connectivity index is 1.39. The molecule has 0 aliphatic carbocycles. The lowest BCUT2D eigenvalue weighted by molar-refractivity contribution is 0.643. The van der Waals surface area contributed by atoms with E-state index in [4.69, 9.17) is 16.3 Å². The van der Waals surface area contributed by atoms with E-state index in [1.807, 2.05) is 120 Å². The lowest BCUT2D eigenvalue weighted by Gasteiger charge is -2.25. The molecular formula is C52H38N2O. The largest absolute Gasteiger partial charge is 0.423 e. The van der Waals surface area contributed by atoms with E-state index in [9.17, 15) is 0 Å². The van der Waals surface area contributed by atoms with E-state index in [0.717, 1.165) is 61.2 Å². The molecule has 2 heterocycles. The molecule has 3 heteroatoms. The molecule has 262 valence electrons. The first-order valence-electron chi connectivity index (χ1n) is 21.0. The maximum absolute atomic E-state index is 9.12. The number of imidazole rings is 1. The topological polar surface area (TPSA) is 30.4 Å². The Hall–Kier alpha value is -6.97. The van der Waals surface area contributed by atoms with Crippen molar-refractivity contribution in [3.8, 4) is 66.8 Å². The number of aromatic nitrogens is 2. The van der Waals surface area contributed by atoms with Gasteiger partial charge in [0.2, 0.25) is 0 Å². The second-order valence-electron chi connectivity index (χ2n) is 13.7. The summed E-state index contributed by atoms with van der Waals surface area (Å²) in [5, 5.41) is 0. The van der Waals surface area contributed by atoms with E-state index in [1.165, 1.54) is 6.92 Å². The molecule has 0 saturated heterocycles. The van der Waals surface area contributed by atoms with Crippen LogP contribution in [0.25, 0.3) is 94.7 Å². The molecule has 0 aliphatic heterocycles. The summed E-state index contributed by atoms with van der Waals surface area (Å²) in [6.45, 7) is -1.05. The van der Waals surface area contributed by atoms with Gasteiger partial charge in [0, 0.05) is 12.4 Å². The second-order valence-corrected chi connectivity index (χ2v) is 13.7. The Morgan fingerprint density at radius 1 is 0.509 bits per heavy atom. The number of oxazole rings is 1. The third kappa shape index (κ3) is 5.47. The van der Waals surface area contributed by atoms with Gasteiger partial charge in [0.15, 0.2) is 5.58 Å². The fourth-order valence-electron chi connectivity index (χ4n) is 8.11. The maximum Gasteiger partial charge on any atom is 0.307 e. The average Bonchev–Trinajstić information content (AvgIpc) is 3.82. The number of para-hydroxylation sites is 2. The highest BCUT2D eigenvalue weighted by molar-refractivity contribution is 6.08. The zero-order chi connectivity index (χ0) is 41.2. The van der Waals surface area contributed by atoms with Gasteiger partial charge >= 0.3 is 5.84 Å². The van der Waals surface area contributed by atoms with Gasteiger partial charge in [-0.2, -0.15) is 4.98 Å². The van der Waals surface area contributed by atoms with Crippen molar-refractivity contribution in [3.63, 3.8) is 0 Å². The summed E-state index contributed by atoms with van der Waals surface area (Å²) >= 11 is 0. The summed E-state index contributed by atoms with van der Waals surface area (Å²) in [6, 6.07) is 60.5. The van der Waals surface area contributed by atoms with Gasteiger partial charge in [-0.25, -0.2) is 0 Å². The van der Waals surface area contributed by atoms with Crippen LogP contribution >= 0.6 is 0 Å². The van der Waals surface area contributed by atoms with Crippen molar-refractivity contribution >= 4 is 28.0 Å². The molecule has 55 heavy (non-hydrogen) atoms. The summed E-state index contributed by atoms with van der Waals surface area (Å²) < 4.78 is 53.1. The van der Waals surface area contributed by atoms with E-state index in [0.29, 0.717) is 39.2 Å². The predicted octanol–water partition coefficient (Wildman–Crippen LogP) is 14.1. The maximum atomic E-state index is 9.12. The molecule has 2 aromatic heterocycles. The summed E-state index contributed by atoms with van der Waals surface area (Å²) in [5.41, 5.74) is 13.6. The number of fused-ring (bicyclic) bond motifs is 5. The van der Waals surface area contributed by atoms with Crippen molar-refractivity contribution in [2.45, 2.75) is 20.1 Å². The zero-order valence-electron chi connectivity index (χ0n) is 35.1. The van der Waals surface area contributed by atoms with Crippen molar-refractivity contribution in [2.75, 3.05) is 0 Å². The number of hydrogen-bond donors (Lipinski definition) is 0. The number of rotatable bonds is 7. The summed E-state index contributed by atoms with van der Waals surface area (Å²) in [5.74, 6) is 0.341. The molecule has 8 aromatic carbocycles. The Morgan fingerprint density at radius 3 is 1.65 bits per heavy atom. The van der Waals surface area contributed by atoms with Gasteiger partial charge < -0.3 is 4.42 Å². The van der Waals surface area contributed by atoms with Crippen molar-refractivity contribution in [1.29, 1.82) is 0 Å². The van der Waals surface area contributed by atoms with Crippen LogP contribution < -0.4 is 0 Å². The van der Waals surface area contributed by atoms with Crippen molar-refractivity contribution < 1.29 is 11.3 Å². The smallest absolute Gasteiger partial charge is 0.307 e.